The van der Waals surface area contributed by atoms with Crippen LogP contribution in [0.5, 0.6) is 5.75 Å². The van der Waals surface area contributed by atoms with Crippen LogP contribution < -0.4 is 14.4 Å². The third-order valence-electron chi connectivity index (χ3n) is 3.24. The first-order chi connectivity index (χ1) is 8.56. The quantitative estimate of drug-likeness (QED) is 0.887. The number of fused-ring (bicyclic) bond motifs is 1. The monoisotopic (exact) mass is 268 g/mol. The SMILES string of the molecule is CN1CCOc2ccc(S(=O)(=O)NC3CC3)cc21. The third kappa shape index (κ3) is 2.18. The zero-order valence-corrected chi connectivity index (χ0v) is 11.0. The van der Waals surface area contributed by atoms with Gasteiger partial charge in [-0.05, 0) is 31.0 Å². The Labute approximate surface area is 107 Å². The van der Waals surface area contributed by atoms with Crippen LogP contribution in [0.2, 0.25) is 0 Å². The standard InChI is InChI=1S/C12H16N2O3S/c1-14-6-7-17-12-5-4-10(8-11(12)14)18(15,16)13-9-2-3-9/h4-5,8-9,13H,2-3,6-7H2,1H3. The van der Waals surface area contributed by atoms with E-state index in [2.05, 4.69) is 4.72 Å². The first-order valence-electron chi connectivity index (χ1n) is 6.06. The molecule has 0 radical (unpaired) electrons. The molecule has 0 saturated heterocycles. The molecule has 0 aromatic heterocycles. The predicted octanol–water partition coefficient (Wildman–Crippen LogP) is 0.956. The topological polar surface area (TPSA) is 58.6 Å². The maximum atomic E-state index is 12.1. The van der Waals surface area contributed by atoms with Gasteiger partial charge in [0, 0.05) is 13.1 Å². The van der Waals surface area contributed by atoms with E-state index >= 15 is 0 Å². The molecule has 98 valence electrons. The van der Waals surface area contributed by atoms with Gasteiger partial charge in [0.15, 0.2) is 0 Å². The molecule has 1 N–H and O–H groups in total. The summed E-state index contributed by atoms with van der Waals surface area (Å²) in [6, 6.07) is 5.13. The van der Waals surface area contributed by atoms with Gasteiger partial charge in [-0.1, -0.05) is 0 Å². The molecule has 1 aliphatic heterocycles. The van der Waals surface area contributed by atoms with Crippen LogP contribution in [0.15, 0.2) is 23.1 Å². The molecule has 0 unspecified atom stereocenters. The Morgan fingerprint density at radius 1 is 1.39 bits per heavy atom. The molecule has 1 saturated carbocycles. The number of anilines is 1. The molecule has 1 aliphatic carbocycles. The number of ether oxygens (including phenoxy) is 1. The van der Waals surface area contributed by atoms with Crippen molar-refractivity contribution in [3.63, 3.8) is 0 Å². The molecule has 2 aliphatic rings. The van der Waals surface area contributed by atoms with Crippen LogP contribution in [0.3, 0.4) is 0 Å². The molecule has 0 amide bonds. The summed E-state index contributed by atoms with van der Waals surface area (Å²) in [5.41, 5.74) is 0.833. The fraction of sp³-hybridized carbons (Fsp3) is 0.500. The van der Waals surface area contributed by atoms with Gasteiger partial charge in [0.25, 0.3) is 0 Å². The van der Waals surface area contributed by atoms with Gasteiger partial charge in [0.2, 0.25) is 10.0 Å². The van der Waals surface area contributed by atoms with Gasteiger partial charge in [-0.15, -0.1) is 0 Å². The van der Waals surface area contributed by atoms with E-state index in [0.29, 0.717) is 11.5 Å². The molecule has 0 spiro atoms. The Hall–Kier alpha value is -1.27. The van der Waals surface area contributed by atoms with Gasteiger partial charge < -0.3 is 9.64 Å². The normalized spacial score (nSPS) is 19.3. The summed E-state index contributed by atoms with van der Waals surface area (Å²) in [6.07, 6.45) is 1.88. The lowest BCUT2D eigenvalue weighted by atomic mass is 10.2. The lowest BCUT2D eigenvalue weighted by molar-refractivity contribution is 0.311. The second-order valence-electron chi connectivity index (χ2n) is 4.80. The first-order valence-corrected chi connectivity index (χ1v) is 7.55. The van der Waals surface area contributed by atoms with Gasteiger partial charge in [-0.2, -0.15) is 0 Å². The van der Waals surface area contributed by atoms with Crippen molar-refractivity contribution in [3.8, 4) is 5.75 Å². The summed E-state index contributed by atoms with van der Waals surface area (Å²) in [5.74, 6) is 0.745. The van der Waals surface area contributed by atoms with Crippen molar-refractivity contribution in [1.82, 2.24) is 4.72 Å². The van der Waals surface area contributed by atoms with E-state index < -0.39 is 10.0 Å². The number of hydrogen-bond acceptors (Lipinski definition) is 4. The second kappa shape index (κ2) is 4.13. The van der Waals surface area contributed by atoms with Crippen molar-refractivity contribution in [2.24, 2.45) is 0 Å². The zero-order chi connectivity index (χ0) is 12.8. The highest BCUT2D eigenvalue weighted by Gasteiger charge is 2.29. The summed E-state index contributed by atoms with van der Waals surface area (Å²) in [4.78, 5) is 2.32. The Morgan fingerprint density at radius 2 is 2.17 bits per heavy atom. The van der Waals surface area contributed by atoms with Crippen LogP contribution in [-0.4, -0.2) is 34.7 Å². The summed E-state index contributed by atoms with van der Waals surface area (Å²) < 4.78 is 32.4. The minimum absolute atomic E-state index is 0.125. The number of nitrogens with one attached hydrogen (secondary N) is 1. The van der Waals surface area contributed by atoms with Gasteiger partial charge in [-0.25, -0.2) is 13.1 Å². The average Bonchev–Trinajstić information content (AvgIpc) is 3.12. The lowest BCUT2D eigenvalue weighted by Crippen LogP contribution is -2.30. The first kappa shape index (κ1) is 11.8. The number of hydrogen-bond donors (Lipinski definition) is 1. The Balaban J connectivity index is 1.95. The highest BCUT2D eigenvalue weighted by atomic mass is 32.2. The van der Waals surface area contributed by atoms with Crippen LogP contribution in [0.4, 0.5) is 5.69 Å². The number of rotatable bonds is 3. The number of likely N-dealkylation sites (N-methyl/N-ethyl adjacent to an activating group) is 1. The van der Waals surface area contributed by atoms with Crippen LogP contribution >= 0.6 is 0 Å². The molecule has 1 aromatic rings. The van der Waals surface area contributed by atoms with E-state index in [9.17, 15) is 8.42 Å². The maximum absolute atomic E-state index is 12.1. The van der Waals surface area contributed by atoms with Crippen LogP contribution in [0.1, 0.15) is 12.8 Å². The Bertz CT molecular complexity index is 567. The number of nitrogens with zero attached hydrogens (tertiary/aromatic N) is 1. The van der Waals surface area contributed by atoms with Crippen LogP contribution in [0.25, 0.3) is 0 Å². The van der Waals surface area contributed by atoms with Crippen molar-refractivity contribution < 1.29 is 13.2 Å². The van der Waals surface area contributed by atoms with E-state index in [1.54, 1.807) is 18.2 Å². The van der Waals surface area contributed by atoms with Crippen molar-refractivity contribution in [2.45, 2.75) is 23.8 Å². The molecule has 1 aromatic carbocycles. The van der Waals surface area contributed by atoms with Gasteiger partial charge in [0.05, 0.1) is 17.1 Å². The second-order valence-corrected chi connectivity index (χ2v) is 6.51. The highest BCUT2D eigenvalue weighted by molar-refractivity contribution is 7.89. The molecule has 1 fully saturated rings. The number of sulfonamides is 1. The van der Waals surface area contributed by atoms with E-state index in [4.69, 9.17) is 4.74 Å². The Morgan fingerprint density at radius 3 is 2.89 bits per heavy atom. The highest BCUT2D eigenvalue weighted by Crippen LogP contribution is 2.33. The molecular formula is C12H16N2O3S. The smallest absolute Gasteiger partial charge is 0.240 e. The fourth-order valence-corrected chi connectivity index (χ4v) is 3.31. The van der Waals surface area contributed by atoms with Crippen molar-refractivity contribution >= 4 is 15.7 Å². The minimum Gasteiger partial charge on any atom is -0.490 e. The van der Waals surface area contributed by atoms with Crippen molar-refractivity contribution in [1.29, 1.82) is 0 Å². The molecule has 18 heavy (non-hydrogen) atoms. The molecule has 0 bridgehead atoms. The minimum atomic E-state index is -3.39. The van der Waals surface area contributed by atoms with E-state index in [1.807, 2.05) is 11.9 Å². The van der Waals surface area contributed by atoms with Crippen LogP contribution in [-0.2, 0) is 10.0 Å². The van der Waals surface area contributed by atoms with Crippen molar-refractivity contribution in [2.75, 3.05) is 25.1 Å². The van der Waals surface area contributed by atoms with Gasteiger partial charge in [-0.3, -0.25) is 0 Å². The molecule has 1 heterocycles. The van der Waals surface area contributed by atoms with E-state index in [1.165, 1.54) is 0 Å². The summed E-state index contributed by atoms with van der Waals surface area (Å²) in [5, 5.41) is 0. The van der Waals surface area contributed by atoms with Crippen molar-refractivity contribution in [3.05, 3.63) is 18.2 Å². The Kier molecular flexibility index (Phi) is 2.71. The summed E-state index contributed by atoms with van der Waals surface area (Å²) in [6.45, 7) is 1.41. The molecule has 5 nitrogen and oxygen atoms in total. The number of benzene rings is 1. The third-order valence-corrected chi connectivity index (χ3v) is 4.75. The largest absolute Gasteiger partial charge is 0.490 e. The van der Waals surface area contributed by atoms with Crippen LogP contribution in [0, 0.1) is 0 Å². The zero-order valence-electron chi connectivity index (χ0n) is 10.2. The van der Waals surface area contributed by atoms with E-state index in [-0.39, 0.29) is 6.04 Å². The molecular weight excluding hydrogens is 252 g/mol. The molecule has 6 heteroatoms. The fourth-order valence-electron chi connectivity index (χ4n) is 1.99. The van der Waals surface area contributed by atoms with E-state index in [0.717, 1.165) is 30.8 Å². The molecule has 3 rings (SSSR count). The summed E-state index contributed by atoms with van der Waals surface area (Å²) >= 11 is 0. The summed E-state index contributed by atoms with van der Waals surface area (Å²) in [7, 11) is -1.45. The molecule has 0 atom stereocenters. The predicted molar refractivity (Wildman–Crippen MR) is 68.6 cm³/mol. The average molecular weight is 268 g/mol. The maximum Gasteiger partial charge on any atom is 0.240 e. The lowest BCUT2D eigenvalue weighted by Gasteiger charge is -2.28. The van der Waals surface area contributed by atoms with Gasteiger partial charge in [0.1, 0.15) is 12.4 Å². The van der Waals surface area contributed by atoms with Gasteiger partial charge >= 0.3 is 0 Å².